The van der Waals surface area contributed by atoms with Gasteiger partial charge in [0.25, 0.3) is 10.0 Å². The van der Waals surface area contributed by atoms with E-state index in [2.05, 4.69) is 5.16 Å². The van der Waals surface area contributed by atoms with E-state index < -0.39 is 10.0 Å². The van der Waals surface area contributed by atoms with Gasteiger partial charge >= 0.3 is 0 Å². The monoisotopic (exact) mass is 384 g/mol. The first-order chi connectivity index (χ1) is 12.7. The second-order valence-electron chi connectivity index (χ2n) is 6.75. The largest absolute Gasteiger partial charge is 0.356 e. The van der Waals surface area contributed by atoms with Crippen LogP contribution in [0.2, 0.25) is 0 Å². The molecule has 0 saturated heterocycles. The SMILES string of the molecule is CCc1ccc(-c2cc(C)no2)cc1S(=O)(=O)N(C)c1ccc(C)c(C)c1. The summed E-state index contributed by atoms with van der Waals surface area (Å²) in [6.07, 6.45) is 0.616. The number of sulfonamides is 1. The Morgan fingerprint density at radius 2 is 1.74 bits per heavy atom. The van der Waals surface area contributed by atoms with Gasteiger partial charge in [-0.1, -0.05) is 30.3 Å². The van der Waals surface area contributed by atoms with Crippen LogP contribution in [-0.2, 0) is 16.4 Å². The molecule has 0 spiro atoms. The Hall–Kier alpha value is -2.60. The maximum absolute atomic E-state index is 13.4. The lowest BCUT2D eigenvalue weighted by Gasteiger charge is -2.22. The van der Waals surface area contributed by atoms with Crippen LogP contribution in [0.3, 0.4) is 0 Å². The summed E-state index contributed by atoms with van der Waals surface area (Å²) in [6.45, 7) is 7.76. The molecule has 0 aliphatic rings. The summed E-state index contributed by atoms with van der Waals surface area (Å²) >= 11 is 0. The number of hydrogen-bond donors (Lipinski definition) is 0. The number of aryl methyl sites for hydroxylation is 4. The second-order valence-corrected chi connectivity index (χ2v) is 8.69. The Kier molecular flexibility index (Phi) is 5.11. The van der Waals surface area contributed by atoms with Crippen LogP contribution in [0.1, 0.15) is 29.3 Å². The van der Waals surface area contributed by atoms with Crippen molar-refractivity contribution in [3.8, 4) is 11.3 Å². The fraction of sp³-hybridized carbons (Fsp3) is 0.286. The van der Waals surface area contributed by atoms with Gasteiger partial charge in [0.15, 0.2) is 5.76 Å². The van der Waals surface area contributed by atoms with Gasteiger partial charge in [-0.3, -0.25) is 4.31 Å². The lowest BCUT2D eigenvalue weighted by molar-refractivity contribution is 0.427. The topological polar surface area (TPSA) is 63.4 Å². The van der Waals surface area contributed by atoms with E-state index in [0.29, 0.717) is 23.4 Å². The standard InChI is InChI=1S/C21H24N2O3S/c1-6-17-8-9-18(20-12-16(4)22-26-20)13-21(17)27(24,25)23(5)19-10-7-14(2)15(3)11-19/h7-13H,6H2,1-5H3. The van der Waals surface area contributed by atoms with Crippen LogP contribution in [0.15, 0.2) is 51.9 Å². The molecule has 1 heterocycles. The molecule has 0 saturated carbocycles. The molecule has 0 fully saturated rings. The van der Waals surface area contributed by atoms with Gasteiger partial charge in [0.2, 0.25) is 0 Å². The van der Waals surface area contributed by atoms with E-state index in [1.807, 2.05) is 58.0 Å². The van der Waals surface area contributed by atoms with Crippen LogP contribution in [-0.4, -0.2) is 20.6 Å². The highest BCUT2D eigenvalue weighted by Crippen LogP contribution is 2.30. The molecule has 0 unspecified atom stereocenters. The third-order valence-corrected chi connectivity index (χ3v) is 6.72. The molecule has 3 aromatic rings. The molecule has 0 bridgehead atoms. The Morgan fingerprint density at radius 1 is 1.00 bits per heavy atom. The molecule has 0 aliphatic carbocycles. The number of anilines is 1. The molecular weight excluding hydrogens is 360 g/mol. The van der Waals surface area contributed by atoms with Gasteiger partial charge in [-0.15, -0.1) is 0 Å². The molecule has 1 aromatic heterocycles. The van der Waals surface area contributed by atoms with Crippen molar-refractivity contribution >= 4 is 15.7 Å². The number of benzene rings is 2. The molecule has 0 radical (unpaired) electrons. The van der Waals surface area contributed by atoms with Gasteiger partial charge in [-0.05, 0) is 62.1 Å². The number of rotatable bonds is 5. The van der Waals surface area contributed by atoms with Gasteiger partial charge < -0.3 is 4.52 Å². The van der Waals surface area contributed by atoms with Crippen molar-refractivity contribution in [2.45, 2.75) is 39.0 Å². The zero-order chi connectivity index (χ0) is 19.8. The van der Waals surface area contributed by atoms with Crippen LogP contribution in [0.5, 0.6) is 0 Å². The highest BCUT2D eigenvalue weighted by molar-refractivity contribution is 7.92. The first-order valence-electron chi connectivity index (χ1n) is 8.87. The molecule has 5 nitrogen and oxygen atoms in total. The van der Waals surface area contributed by atoms with Crippen molar-refractivity contribution in [2.75, 3.05) is 11.4 Å². The summed E-state index contributed by atoms with van der Waals surface area (Å²) in [7, 11) is -2.13. The van der Waals surface area contributed by atoms with E-state index in [1.165, 1.54) is 4.31 Å². The van der Waals surface area contributed by atoms with Crippen LogP contribution in [0.25, 0.3) is 11.3 Å². The van der Waals surface area contributed by atoms with Gasteiger partial charge in [0, 0.05) is 18.7 Å². The molecule has 6 heteroatoms. The smallest absolute Gasteiger partial charge is 0.264 e. The molecule has 3 rings (SSSR count). The molecule has 142 valence electrons. The Labute approximate surface area is 160 Å². The average molecular weight is 385 g/mol. The van der Waals surface area contributed by atoms with Crippen LogP contribution >= 0.6 is 0 Å². The van der Waals surface area contributed by atoms with Crippen molar-refractivity contribution in [2.24, 2.45) is 0 Å². The molecule has 0 atom stereocenters. The first kappa shape index (κ1) is 19.2. The average Bonchev–Trinajstić information content (AvgIpc) is 3.09. The number of hydrogen-bond acceptors (Lipinski definition) is 4. The van der Waals surface area contributed by atoms with Crippen LogP contribution < -0.4 is 4.31 Å². The fourth-order valence-corrected chi connectivity index (χ4v) is 4.45. The lowest BCUT2D eigenvalue weighted by atomic mass is 10.1. The third-order valence-electron chi connectivity index (χ3n) is 4.85. The predicted molar refractivity (Wildman–Crippen MR) is 108 cm³/mol. The fourth-order valence-electron chi connectivity index (χ4n) is 2.95. The first-order valence-corrected chi connectivity index (χ1v) is 10.3. The zero-order valence-electron chi connectivity index (χ0n) is 16.3. The molecule has 0 amide bonds. The van der Waals surface area contributed by atoms with Gasteiger partial charge in [-0.25, -0.2) is 8.42 Å². The minimum Gasteiger partial charge on any atom is -0.356 e. The van der Waals surface area contributed by atoms with E-state index in [-0.39, 0.29) is 4.90 Å². The summed E-state index contributed by atoms with van der Waals surface area (Å²) < 4.78 is 33.4. The van der Waals surface area contributed by atoms with E-state index in [4.69, 9.17) is 4.52 Å². The third kappa shape index (κ3) is 3.62. The number of aromatic nitrogens is 1. The Morgan fingerprint density at radius 3 is 2.33 bits per heavy atom. The van der Waals surface area contributed by atoms with Crippen molar-refractivity contribution in [1.82, 2.24) is 5.16 Å². The van der Waals surface area contributed by atoms with E-state index in [9.17, 15) is 8.42 Å². The van der Waals surface area contributed by atoms with Gasteiger partial charge in [0.1, 0.15) is 0 Å². The quantitative estimate of drug-likeness (QED) is 0.642. The highest BCUT2D eigenvalue weighted by atomic mass is 32.2. The highest BCUT2D eigenvalue weighted by Gasteiger charge is 2.25. The summed E-state index contributed by atoms with van der Waals surface area (Å²) in [6, 6.07) is 12.8. The maximum atomic E-state index is 13.4. The van der Waals surface area contributed by atoms with Gasteiger partial charge in [0.05, 0.1) is 16.3 Å². The van der Waals surface area contributed by atoms with E-state index in [1.54, 1.807) is 19.2 Å². The molecule has 0 N–H and O–H groups in total. The summed E-state index contributed by atoms with van der Waals surface area (Å²) in [5, 5.41) is 3.89. The van der Waals surface area contributed by atoms with Crippen molar-refractivity contribution in [1.29, 1.82) is 0 Å². The molecule has 27 heavy (non-hydrogen) atoms. The van der Waals surface area contributed by atoms with Crippen molar-refractivity contribution in [3.63, 3.8) is 0 Å². The summed E-state index contributed by atoms with van der Waals surface area (Å²) in [5.74, 6) is 0.556. The minimum atomic E-state index is -3.72. The molecule has 2 aromatic carbocycles. The molecule has 0 aliphatic heterocycles. The van der Waals surface area contributed by atoms with Crippen LogP contribution in [0, 0.1) is 20.8 Å². The predicted octanol–water partition coefficient (Wildman–Crippen LogP) is 4.65. The second kappa shape index (κ2) is 7.19. The normalized spacial score (nSPS) is 11.6. The van der Waals surface area contributed by atoms with E-state index >= 15 is 0 Å². The zero-order valence-corrected chi connectivity index (χ0v) is 17.1. The summed E-state index contributed by atoms with van der Waals surface area (Å²) in [5.41, 5.74) is 5.03. The summed E-state index contributed by atoms with van der Waals surface area (Å²) in [4.78, 5) is 0.289. The maximum Gasteiger partial charge on any atom is 0.264 e. The Bertz CT molecular complexity index is 1080. The molecular formula is C21H24N2O3S. The number of nitrogens with zero attached hydrogens (tertiary/aromatic N) is 2. The van der Waals surface area contributed by atoms with Gasteiger partial charge in [-0.2, -0.15) is 0 Å². The van der Waals surface area contributed by atoms with Crippen molar-refractivity contribution in [3.05, 3.63) is 64.8 Å². The van der Waals surface area contributed by atoms with E-state index in [0.717, 1.165) is 22.4 Å². The van der Waals surface area contributed by atoms with Crippen molar-refractivity contribution < 1.29 is 12.9 Å². The lowest BCUT2D eigenvalue weighted by Crippen LogP contribution is -2.27. The van der Waals surface area contributed by atoms with Crippen LogP contribution in [0.4, 0.5) is 5.69 Å². The minimum absolute atomic E-state index is 0.289. The Balaban J connectivity index is 2.10.